The largest absolute Gasteiger partial charge is 0.508 e. The number of nitrogens with zero attached hydrogens (tertiary/aromatic N) is 2. The fourth-order valence-electron chi connectivity index (χ4n) is 6.13. The Morgan fingerprint density at radius 3 is 2.19 bits per heavy atom. The SMILES string of the molecule is CCC(=O)NCCNC(=O)/N=C(/N)NCCC[C@@H](NC(=O)C(c1cccc(NC(=O)CCCN)c1)N1Cc2ccccc2C1)C(=O)NCc1c(F)cc(O)cc1F. The number of rotatable bonds is 19. The van der Waals surface area contributed by atoms with E-state index in [1.807, 2.05) is 29.2 Å². The van der Waals surface area contributed by atoms with Gasteiger partial charge >= 0.3 is 6.03 Å². The predicted molar refractivity (Wildman–Crippen MR) is 209 cm³/mol. The van der Waals surface area contributed by atoms with E-state index >= 15 is 0 Å². The first kappa shape index (κ1) is 43.6. The second kappa shape index (κ2) is 21.8. The van der Waals surface area contributed by atoms with Gasteiger partial charge in [0.15, 0.2) is 5.96 Å². The number of fused-ring (bicyclic) bond motifs is 1. The summed E-state index contributed by atoms with van der Waals surface area (Å²) in [4.78, 5) is 69.7. The quantitative estimate of drug-likeness (QED) is 0.0486. The lowest BCUT2D eigenvalue weighted by Gasteiger charge is -2.29. The van der Waals surface area contributed by atoms with E-state index < -0.39 is 59.4 Å². The standard InChI is InChI=1S/C39H50F2N10O6/c1-2-33(53)44-16-17-46-39(57)50-38(43)45-15-7-12-32(36(55)47-21-29-30(40)19-28(52)20-31(29)41)49-37(56)35(51-22-25-8-3-4-9-26(25)23-51)24-10-5-11-27(18-24)48-34(54)13-6-14-42/h3-5,8-11,18-20,32,35,52H,2,6-7,12-17,21-23,42H2,1H3,(H,44,53)(H,47,55)(H,48,54)(H,49,56)(H4,43,45,46,50,57)/t32-,35?/m1/s1. The Morgan fingerprint density at radius 2 is 1.53 bits per heavy atom. The number of hydrogen-bond acceptors (Lipinski definition) is 8. The molecule has 57 heavy (non-hydrogen) atoms. The molecule has 3 aromatic rings. The third-order valence-electron chi connectivity index (χ3n) is 9.01. The maximum atomic E-state index is 14.5. The molecule has 1 aliphatic rings. The van der Waals surface area contributed by atoms with Crippen LogP contribution in [0.3, 0.4) is 0 Å². The zero-order valence-electron chi connectivity index (χ0n) is 31.7. The van der Waals surface area contributed by atoms with Crippen molar-refractivity contribution in [2.24, 2.45) is 16.5 Å². The van der Waals surface area contributed by atoms with Gasteiger partial charge in [-0.25, -0.2) is 13.6 Å². The monoisotopic (exact) mass is 792 g/mol. The maximum absolute atomic E-state index is 14.5. The van der Waals surface area contributed by atoms with Crippen molar-refractivity contribution in [2.75, 3.05) is 31.5 Å². The van der Waals surface area contributed by atoms with Crippen LogP contribution in [-0.4, -0.2) is 77.8 Å². The molecule has 0 saturated carbocycles. The van der Waals surface area contributed by atoms with E-state index in [1.165, 1.54) is 0 Å². The van der Waals surface area contributed by atoms with Crippen molar-refractivity contribution in [2.45, 2.75) is 70.7 Å². The summed E-state index contributed by atoms with van der Waals surface area (Å²) in [5.74, 6) is -4.64. The summed E-state index contributed by atoms with van der Waals surface area (Å²) < 4.78 is 29.1. The van der Waals surface area contributed by atoms with Crippen LogP contribution in [0.2, 0.25) is 0 Å². The summed E-state index contributed by atoms with van der Waals surface area (Å²) >= 11 is 0. The lowest BCUT2D eigenvalue weighted by Crippen LogP contribution is -2.50. The third-order valence-corrected chi connectivity index (χ3v) is 9.01. The smallest absolute Gasteiger partial charge is 0.344 e. The molecule has 0 aromatic heterocycles. The molecule has 16 nitrogen and oxygen atoms in total. The Labute approximate surface area is 329 Å². The third kappa shape index (κ3) is 13.5. The number of aliphatic imine (C=N–C) groups is 1. The average molecular weight is 793 g/mol. The van der Waals surface area contributed by atoms with Gasteiger partial charge in [-0.3, -0.25) is 24.1 Å². The van der Waals surface area contributed by atoms with Crippen molar-refractivity contribution in [1.29, 1.82) is 0 Å². The van der Waals surface area contributed by atoms with E-state index in [0.717, 1.165) is 23.3 Å². The van der Waals surface area contributed by atoms with E-state index in [2.05, 4.69) is 36.9 Å². The van der Waals surface area contributed by atoms with Crippen molar-refractivity contribution >= 4 is 41.3 Å². The molecule has 0 saturated heterocycles. The van der Waals surface area contributed by atoms with E-state index in [1.54, 1.807) is 31.2 Å². The maximum Gasteiger partial charge on any atom is 0.344 e. The highest BCUT2D eigenvalue weighted by Gasteiger charge is 2.34. The van der Waals surface area contributed by atoms with Gasteiger partial charge < -0.3 is 48.5 Å². The van der Waals surface area contributed by atoms with Gasteiger partial charge in [-0.05, 0) is 54.6 Å². The molecule has 11 N–H and O–H groups in total. The Balaban J connectivity index is 1.51. The van der Waals surface area contributed by atoms with E-state index in [9.17, 15) is 37.9 Å². The number of aromatic hydroxyl groups is 1. The molecule has 0 aliphatic carbocycles. The van der Waals surface area contributed by atoms with E-state index in [-0.39, 0.29) is 56.7 Å². The van der Waals surface area contributed by atoms with Crippen LogP contribution in [0, 0.1) is 11.6 Å². The molecule has 306 valence electrons. The number of carbonyl (C=O) groups is 5. The second-order valence-corrected chi connectivity index (χ2v) is 13.3. The first-order valence-corrected chi connectivity index (χ1v) is 18.7. The molecular formula is C39H50F2N10O6. The first-order chi connectivity index (χ1) is 27.4. The number of amides is 6. The minimum atomic E-state index is -1.21. The van der Waals surface area contributed by atoms with Gasteiger partial charge in [-0.1, -0.05) is 43.3 Å². The van der Waals surface area contributed by atoms with Crippen molar-refractivity contribution < 1.29 is 37.9 Å². The van der Waals surface area contributed by atoms with Crippen LogP contribution in [-0.2, 0) is 38.8 Å². The van der Waals surface area contributed by atoms with Crippen molar-refractivity contribution in [1.82, 2.24) is 31.5 Å². The van der Waals surface area contributed by atoms with Gasteiger partial charge in [0, 0.05) is 75.5 Å². The summed E-state index contributed by atoms with van der Waals surface area (Å²) in [7, 11) is 0. The number of anilines is 1. The highest BCUT2D eigenvalue weighted by molar-refractivity contribution is 5.93. The Bertz CT molecular complexity index is 1880. The fourth-order valence-corrected chi connectivity index (χ4v) is 6.13. The van der Waals surface area contributed by atoms with Crippen LogP contribution in [0.4, 0.5) is 19.3 Å². The number of guanidine groups is 1. The number of benzene rings is 3. The highest BCUT2D eigenvalue weighted by Crippen LogP contribution is 2.33. The minimum absolute atomic E-state index is 0.0197. The lowest BCUT2D eigenvalue weighted by atomic mass is 10.0. The summed E-state index contributed by atoms with van der Waals surface area (Å²) in [6.07, 6.45) is 1.27. The molecule has 0 radical (unpaired) electrons. The Morgan fingerprint density at radius 1 is 0.842 bits per heavy atom. The van der Waals surface area contributed by atoms with Crippen molar-refractivity contribution in [3.63, 3.8) is 0 Å². The van der Waals surface area contributed by atoms with Crippen LogP contribution in [0.25, 0.3) is 0 Å². The molecular weight excluding hydrogens is 742 g/mol. The second-order valence-electron chi connectivity index (χ2n) is 13.3. The summed E-state index contributed by atoms with van der Waals surface area (Å²) in [6, 6.07) is 13.2. The lowest BCUT2D eigenvalue weighted by molar-refractivity contribution is -0.132. The fraction of sp³-hybridized carbons (Fsp3) is 0.385. The number of nitrogens with one attached hydrogen (secondary N) is 6. The van der Waals surface area contributed by atoms with Gasteiger partial charge in [0.05, 0.1) is 0 Å². The number of halogens is 2. The van der Waals surface area contributed by atoms with Crippen LogP contribution in [0.5, 0.6) is 5.75 Å². The van der Waals surface area contributed by atoms with Crippen LogP contribution in [0.1, 0.15) is 67.3 Å². The summed E-state index contributed by atoms with van der Waals surface area (Å²) in [5.41, 5.74) is 14.0. The topological polar surface area (TPSA) is 245 Å². The predicted octanol–water partition coefficient (Wildman–Crippen LogP) is 2.13. The molecule has 1 unspecified atom stereocenters. The number of hydrogen-bond donors (Lipinski definition) is 9. The van der Waals surface area contributed by atoms with Crippen molar-refractivity contribution in [3.8, 4) is 5.75 Å². The van der Waals surface area contributed by atoms with Crippen LogP contribution >= 0.6 is 0 Å². The van der Waals surface area contributed by atoms with E-state index in [4.69, 9.17) is 11.5 Å². The molecule has 4 rings (SSSR count). The number of nitrogens with two attached hydrogens (primary N) is 2. The van der Waals surface area contributed by atoms with Gasteiger partial charge in [-0.15, -0.1) is 0 Å². The highest BCUT2D eigenvalue weighted by atomic mass is 19.1. The molecule has 0 fully saturated rings. The van der Waals surface area contributed by atoms with Gasteiger partial charge in [0.2, 0.25) is 23.6 Å². The number of phenolic OH excluding ortho intramolecular Hbond substituents is 1. The first-order valence-electron chi connectivity index (χ1n) is 18.7. The normalized spacial score (nSPS) is 13.5. The molecule has 6 amide bonds. The van der Waals surface area contributed by atoms with Crippen LogP contribution < -0.4 is 43.4 Å². The zero-order valence-corrected chi connectivity index (χ0v) is 31.7. The van der Waals surface area contributed by atoms with E-state index in [0.29, 0.717) is 43.7 Å². The molecule has 2 atom stereocenters. The summed E-state index contributed by atoms with van der Waals surface area (Å²) in [5, 5.41) is 25.6. The Kier molecular flexibility index (Phi) is 16.7. The molecule has 1 heterocycles. The number of carbonyl (C=O) groups excluding carboxylic acids is 5. The van der Waals surface area contributed by atoms with Gasteiger partial charge in [0.1, 0.15) is 29.5 Å². The van der Waals surface area contributed by atoms with Crippen LogP contribution in [0.15, 0.2) is 65.7 Å². The molecule has 0 spiro atoms. The minimum Gasteiger partial charge on any atom is -0.508 e. The Hall–Kier alpha value is -6.14. The molecule has 18 heteroatoms. The average Bonchev–Trinajstić information content (AvgIpc) is 3.60. The zero-order chi connectivity index (χ0) is 41.3. The number of phenols is 1. The molecule has 3 aromatic carbocycles. The van der Waals surface area contributed by atoms with Crippen molar-refractivity contribution in [3.05, 3.63) is 94.6 Å². The number of urea groups is 1. The van der Waals surface area contributed by atoms with Gasteiger partial charge in [-0.2, -0.15) is 4.99 Å². The molecule has 1 aliphatic heterocycles. The molecule has 0 bridgehead atoms. The van der Waals surface area contributed by atoms with Gasteiger partial charge in [0.25, 0.3) is 0 Å². The summed E-state index contributed by atoms with van der Waals surface area (Å²) in [6.45, 7) is 2.78.